The van der Waals surface area contributed by atoms with Crippen LogP contribution >= 0.6 is 0 Å². The van der Waals surface area contributed by atoms with Gasteiger partial charge in [0.05, 0.1) is 11.6 Å². The van der Waals surface area contributed by atoms with Crippen LogP contribution < -0.4 is 11.1 Å². The van der Waals surface area contributed by atoms with Crippen molar-refractivity contribution in [1.82, 2.24) is 5.32 Å². The number of amides is 1. The monoisotopic (exact) mass is 239 g/mol. The van der Waals surface area contributed by atoms with Crippen molar-refractivity contribution < 1.29 is 14.4 Å². The number of hydrogen-bond acceptors (Lipinski definition) is 3. The van der Waals surface area contributed by atoms with E-state index in [4.69, 9.17) is 10.9 Å². The Labute approximate surface area is 98.1 Å². The van der Waals surface area contributed by atoms with Crippen LogP contribution in [0.25, 0.3) is 0 Å². The summed E-state index contributed by atoms with van der Waals surface area (Å²) in [6, 6.07) is 3.55. The molecule has 0 saturated heterocycles. The molecule has 1 rings (SSSR count). The van der Waals surface area contributed by atoms with E-state index in [-0.39, 0.29) is 11.4 Å². The molecular weight excluding hydrogens is 225 g/mol. The number of halogens is 1. The zero-order valence-electron chi connectivity index (χ0n) is 9.57. The fourth-order valence-electron chi connectivity index (χ4n) is 1.25. The fourth-order valence-corrected chi connectivity index (χ4v) is 1.25. The van der Waals surface area contributed by atoms with Crippen molar-refractivity contribution in [3.63, 3.8) is 0 Å². The number of aryl methyl sites for hydroxylation is 1. The quantitative estimate of drug-likeness (QED) is 0.318. The maximum absolute atomic E-state index is 13.4. The van der Waals surface area contributed by atoms with Crippen molar-refractivity contribution in [2.24, 2.45) is 10.9 Å². The fraction of sp³-hybridized carbons (Fsp3) is 0.273. The van der Waals surface area contributed by atoms with Crippen molar-refractivity contribution in [2.45, 2.75) is 19.9 Å². The Balaban J connectivity index is 2.87. The van der Waals surface area contributed by atoms with Crippen LogP contribution in [0.1, 0.15) is 22.8 Å². The molecule has 0 aliphatic heterocycles. The molecule has 6 heteroatoms. The predicted molar refractivity (Wildman–Crippen MR) is 61.5 cm³/mol. The van der Waals surface area contributed by atoms with Gasteiger partial charge in [-0.3, -0.25) is 4.79 Å². The second-order valence-corrected chi connectivity index (χ2v) is 3.70. The summed E-state index contributed by atoms with van der Waals surface area (Å²) in [5.74, 6) is -1.36. The number of carbonyl (C=O) groups is 1. The molecule has 1 atom stereocenters. The predicted octanol–water partition coefficient (Wildman–Crippen LogP) is 0.999. The highest BCUT2D eigenvalue weighted by atomic mass is 19.1. The molecule has 1 unspecified atom stereocenters. The third-order valence-corrected chi connectivity index (χ3v) is 2.27. The van der Waals surface area contributed by atoms with Gasteiger partial charge in [-0.25, -0.2) is 4.39 Å². The summed E-state index contributed by atoms with van der Waals surface area (Å²) in [5.41, 5.74) is 6.01. The number of nitrogens with one attached hydrogen (secondary N) is 1. The lowest BCUT2D eigenvalue weighted by atomic mass is 10.1. The second kappa shape index (κ2) is 5.29. The maximum atomic E-state index is 13.4. The van der Waals surface area contributed by atoms with E-state index in [9.17, 15) is 9.18 Å². The number of rotatable bonds is 3. The summed E-state index contributed by atoms with van der Waals surface area (Å²) in [5, 5.41) is 13.6. The summed E-state index contributed by atoms with van der Waals surface area (Å²) in [6.45, 7) is 3.28. The van der Waals surface area contributed by atoms with Crippen LogP contribution in [0.3, 0.4) is 0 Å². The van der Waals surface area contributed by atoms with Gasteiger partial charge in [-0.05, 0) is 26.0 Å². The van der Waals surface area contributed by atoms with Gasteiger partial charge >= 0.3 is 0 Å². The van der Waals surface area contributed by atoms with Crippen molar-refractivity contribution in [2.75, 3.05) is 0 Å². The number of oxime groups is 1. The van der Waals surface area contributed by atoms with Crippen LogP contribution in [-0.2, 0) is 0 Å². The van der Waals surface area contributed by atoms with Crippen LogP contribution in [-0.4, -0.2) is 23.0 Å². The Morgan fingerprint density at radius 1 is 1.59 bits per heavy atom. The van der Waals surface area contributed by atoms with E-state index >= 15 is 0 Å². The summed E-state index contributed by atoms with van der Waals surface area (Å²) in [7, 11) is 0. The number of benzene rings is 1. The first-order valence-corrected chi connectivity index (χ1v) is 5.00. The number of hydrogen-bond donors (Lipinski definition) is 3. The van der Waals surface area contributed by atoms with E-state index in [2.05, 4.69) is 10.5 Å². The minimum Gasteiger partial charge on any atom is -0.409 e. The largest absolute Gasteiger partial charge is 0.409 e. The molecule has 0 radical (unpaired) electrons. The Hall–Kier alpha value is -2.11. The molecule has 1 aromatic rings. The van der Waals surface area contributed by atoms with E-state index in [1.54, 1.807) is 13.0 Å². The minimum atomic E-state index is -0.674. The average molecular weight is 239 g/mol. The van der Waals surface area contributed by atoms with Gasteiger partial charge in [-0.2, -0.15) is 0 Å². The smallest absolute Gasteiger partial charge is 0.254 e. The Morgan fingerprint density at radius 3 is 2.82 bits per heavy atom. The highest BCUT2D eigenvalue weighted by Gasteiger charge is 2.16. The van der Waals surface area contributed by atoms with Crippen LogP contribution in [0, 0.1) is 12.7 Å². The van der Waals surface area contributed by atoms with Crippen LogP contribution in [0.4, 0.5) is 4.39 Å². The second-order valence-electron chi connectivity index (χ2n) is 3.70. The Morgan fingerprint density at radius 2 is 2.24 bits per heavy atom. The molecule has 17 heavy (non-hydrogen) atoms. The minimum absolute atomic E-state index is 0.0670. The van der Waals surface area contributed by atoms with Crippen LogP contribution in [0.5, 0.6) is 0 Å². The van der Waals surface area contributed by atoms with E-state index in [1.807, 2.05) is 0 Å². The summed E-state index contributed by atoms with van der Waals surface area (Å²) in [6.07, 6.45) is 0. The van der Waals surface area contributed by atoms with Crippen molar-refractivity contribution in [1.29, 1.82) is 0 Å². The topological polar surface area (TPSA) is 87.7 Å². The van der Waals surface area contributed by atoms with Crippen LogP contribution in [0.2, 0.25) is 0 Å². The number of amidine groups is 1. The average Bonchev–Trinajstić information content (AvgIpc) is 2.30. The van der Waals surface area contributed by atoms with Gasteiger partial charge in [0, 0.05) is 0 Å². The van der Waals surface area contributed by atoms with Gasteiger partial charge < -0.3 is 16.3 Å². The molecule has 0 saturated carbocycles. The molecule has 0 fully saturated rings. The molecule has 0 aliphatic carbocycles. The van der Waals surface area contributed by atoms with Crippen molar-refractivity contribution >= 4 is 11.7 Å². The molecule has 1 aromatic carbocycles. The van der Waals surface area contributed by atoms with Gasteiger partial charge in [0.15, 0.2) is 5.84 Å². The number of nitrogens with zero attached hydrogens (tertiary/aromatic N) is 1. The van der Waals surface area contributed by atoms with Crippen LogP contribution in [0.15, 0.2) is 23.4 Å². The maximum Gasteiger partial charge on any atom is 0.254 e. The third-order valence-electron chi connectivity index (χ3n) is 2.27. The third kappa shape index (κ3) is 3.17. The molecule has 1 amide bonds. The standard InChI is InChI=1S/C11H14FN3O2/c1-6-3-4-9(12)8(5-6)11(16)14-7(2)10(13)15-17/h3-5,7,17H,1-2H3,(H2,13,15)(H,14,16). The van der Waals surface area contributed by atoms with E-state index in [1.165, 1.54) is 19.1 Å². The Bertz CT molecular complexity index is 460. The number of nitrogens with two attached hydrogens (primary N) is 1. The summed E-state index contributed by atoms with van der Waals surface area (Å²) >= 11 is 0. The SMILES string of the molecule is Cc1ccc(F)c(C(=O)NC(C)C(N)=NO)c1. The van der Waals surface area contributed by atoms with Crippen molar-refractivity contribution in [3.05, 3.63) is 35.1 Å². The van der Waals surface area contributed by atoms with Gasteiger partial charge in [-0.1, -0.05) is 16.8 Å². The molecule has 0 aromatic heterocycles. The molecule has 4 N–H and O–H groups in total. The molecular formula is C11H14FN3O2. The summed E-state index contributed by atoms with van der Waals surface area (Å²) < 4.78 is 13.4. The first kappa shape index (κ1) is 13.0. The normalized spacial score (nSPS) is 13.2. The molecule has 0 aliphatic rings. The van der Waals surface area contributed by atoms with Gasteiger partial charge in [0.1, 0.15) is 5.82 Å². The first-order chi connectivity index (χ1) is 7.95. The molecule has 0 heterocycles. The molecule has 0 spiro atoms. The van der Waals surface area contributed by atoms with E-state index in [0.29, 0.717) is 0 Å². The molecule has 92 valence electrons. The summed E-state index contributed by atoms with van der Waals surface area (Å²) in [4.78, 5) is 11.7. The van der Waals surface area contributed by atoms with Gasteiger partial charge in [-0.15, -0.1) is 0 Å². The lowest BCUT2D eigenvalue weighted by molar-refractivity contribution is 0.0944. The highest BCUT2D eigenvalue weighted by Crippen LogP contribution is 2.10. The number of carbonyl (C=O) groups excluding carboxylic acids is 1. The Kier molecular flexibility index (Phi) is 4.03. The van der Waals surface area contributed by atoms with Gasteiger partial charge in [0.25, 0.3) is 5.91 Å². The molecule has 0 bridgehead atoms. The van der Waals surface area contributed by atoms with E-state index in [0.717, 1.165) is 5.56 Å². The lowest BCUT2D eigenvalue weighted by Gasteiger charge is -2.12. The zero-order valence-corrected chi connectivity index (χ0v) is 9.57. The zero-order chi connectivity index (χ0) is 13.0. The first-order valence-electron chi connectivity index (χ1n) is 5.00. The van der Waals surface area contributed by atoms with E-state index < -0.39 is 17.8 Å². The highest BCUT2D eigenvalue weighted by molar-refractivity contribution is 5.98. The molecule has 5 nitrogen and oxygen atoms in total. The lowest BCUT2D eigenvalue weighted by Crippen LogP contribution is -2.42. The van der Waals surface area contributed by atoms with Gasteiger partial charge in [0.2, 0.25) is 0 Å². The van der Waals surface area contributed by atoms with Crippen molar-refractivity contribution in [3.8, 4) is 0 Å².